The van der Waals surface area contributed by atoms with Crippen molar-refractivity contribution < 1.29 is 26.7 Å². The van der Waals surface area contributed by atoms with E-state index in [1.165, 1.54) is 41.0 Å². The highest BCUT2D eigenvalue weighted by molar-refractivity contribution is 5.85. The summed E-state index contributed by atoms with van der Waals surface area (Å²) in [5.74, 6) is -1.36. The van der Waals surface area contributed by atoms with Gasteiger partial charge in [-0.15, -0.1) is 0 Å². The number of nitrogens with zero attached hydrogens (tertiary/aromatic N) is 2. The summed E-state index contributed by atoms with van der Waals surface area (Å²) in [5, 5.41) is 2.24. The number of pyridine rings is 2. The number of benzene rings is 2. The molecule has 0 saturated heterocycles. The van der Waals surface area contributed by atoms with Crippen molar-refractivity contribution in [3.63, 3.8) is 0 Å². The van der Waals surface area contributed by atoms with E-state index < -0.39 is 39.8 Å². The Hall–Kier alpha value is -3.95. The molecule has 0 amide bonds. The van der Waals surface area contributed by atoms with Gasteiger partial charge < -0.3 is 10.1 Å². The molecule has 1 N–H and O–H groups in total. The average Bonchev–Trinajstić information content (AvgIpc) is 2.74. The Morgan fingerprint density at radius 3 is 2.00 bits per heavy atom. The van der Waals surface area contributed by atoms with Crippen LogP contribution in [-0.4, -0.2) is 15.2 Å². The van der Waals surface area contributed by atoms with Crippen LogP contribution in [0.15, 0.2) is 65.5 Å². The van der Waals surface area contributed by atoms with Gasteiger partial charge in [-0.2, -0.15) is 18.2 Å². The molecule has 0 aliphatic carbocycles. The molecule has 0 atom stereocenters. The molecule has 0 unspecified atom stereocenters. The fourth-order valence-electron chi connectivity index (χ4n) is 3.50. The number of hydrogen-bond donors (Lipinski definition) is 1. The lowest BCUT2D eigenvalue weighted by Gasteiger charge is -2.23. The lowest BCUT2D eigenvalue weighted by Crippen LogP contribution is -2.25. The lowest BCUT2D eigenvalue weighted by molar-refractivity contribution is -0.136. The van der Waals surface area contributed by atoms with Gasteiger partial charge in [0.15, 0.2) is 11.1 Å². The van der Waals surface area contributed by atoms with Crippen molar-refractivity contribution in [1.82, 2.24) is 9.55 Å². The minimum atomic E-state index is -4.89. The zero-order chi connectivity index (χ0) is 25.5. The Bertz CT molecular complexity index is 1440. The molecule has 0 fully saturated rings. The molecule has 10 heteroatoms. The monoisotopic (exact) mass is 489 g/mol. The van der Waals surface area contributed by atoms with Crippen molar-refractivity contribution in [2.24, 2.45) is 0 Å². The Balaban J connectivity index is 2.09. The molecule has 5 nitrogen and oxygen atoms in total. The number of rotatable bonds is 4. The van der Waals surface area contributed by atoms with E-state index >= 15 is 0 Å². The van der Waals surface area contributed by atoms with Gasteiger partial charge in [-0.3, -0.25) is 9.36 Å². The summed E-state index contributed by atoms with van der Waals surface area (Å²) in [6, 6.07) is 11.7. The SMILES string of the molecule is CC(C)(C)Oc1cc(C(F)(F)F)c2c(=O)cc(Nc3ccc(F)cc3)n(-c3ccc(F)cc3)c2n1. The molecule has 0 bridgehead atoms. The van der Waals surface area contributed by atoms with Gasteiger partial charge in [0.25, 0.3) is 0 Å². The second-order valence-corrected chi connectivity index (χ2v) is 8.76. The van der Waals surface area contributed by atoms with Gasteiger partial charge in [0.1, 0.15) is 23.1 Å². The molecule has 4 aromatic rings. The van der Waals surface area contributed by atoms with Gasteiger partial charge in [0, 0.05) is 23.5 Å². The second kappa shape index (κ2) is 8.68. The van der Waals surface area contributed by atoms with Gasteiger partial charge >= 0.3 is 6.18 Å². The van der Waals surface area contributed by atoms with E-state index in [0.717, 1.165) is 18.2 Å². The summed E-state index contributed by atoms with van der Waals surface area (Å²) >= 11 is 0. The molecule has 0 aliphatic heterocycles. The Morgan fingerprint density at radius 2 is 1.46 bits per heavy atom. The van der Waals surface area contributed by atoms with Crippen LogP contribution in [0.3, 0.4) is 0 Å². The van der Waals surface area contributed by atoms with Gasteiger partial charge in [-0.25, -0.2) is 8.78 Å². The zero-order valence-electron chi connectivity index (χ0n) is 18.9. The molecule has 0 radical (unpaired) electrons. The lowest BCUT2D eigenvalue weighted by atomic mass is 10.1. The number of halogens is 5. The average molecular weight is 489 g/mol. The highest BCUT2D eigenvalue weighted by Gasteiger charge is 2.36. The van der Waals surface area contributed by atoms with Crippen LogP contribution < -0.4 is 15.5 Å². The molecular formula is C25H20F5N3O2. The van der Waals surface area contributed by atoms with Gasteiger partial charge in [-0.1, -0.05) is 0 Å². The number of fused-ring (bicyclic) bond motifs is 1. The van der Waals surface area contributed by atoms with Crippen molar-refractivity contribution in [3.8, 4) is 11.6 Å². The van der Waals surface area contributed by atoms with E-state index in [0.29, 0.717) is 11.8 Å². The van der Waals surface area contributed by atoms with Crippen LogP contribution in [0.5, 0.6) is 5.88 Å². The Kier molecular flexibility index (Phi) is 6.00. The van der Waals surface area contributed by atoms with Crippen molar-refractivity contribution >= 4 is 22.5 Å². The summed E-state index contributed by atoms with van der Waals surface area (Å²) in [5.41, 5.74) is -2.79. The molecule has 182 valence electrons. The quantitative estimate of drug-likeness (QED) is 0.328. The van der Waals surface area contributed by atoms with E-state index in [-0.39, 0.29) is 23.0 Å². The summed E-state index contributed by atoms with van der Waals surface area (Å²) in [6.07, 6.45) is -4.89. The highest BCUT2D eigenvalue weighted by atomic mass is 19.4. The third kappa shape index (κ3) is 5.26. The van der Waals surface area contributed by atoms with E-state index in [9.17, 15) is 26.7 Å². The Labute approximate surface area is 196 Å². The number of aromatic nitrogens is 2. The predicted molar refractivity (Wildman–Crippen MR) is 122 cm³/mol. The summed E-state index contributed by atoms with van der Waals surface area (Å²) < 4.78 is 76.0. The Morgan fingerprint density at radius 1 is 0.886 bits per heavy atom. The van der Waals surface area contributed by atoms with Crippen LogP contribution >= 0.6 is 0 Å². The number of ether oxygens (including phenoxy) is 1. The van der Waals surface area contributed by atoms with E-state index in [1.54, 1.807) is 20.8 Å². The van der Waals surface area contributed by atoms with Crippen molar-refractivity contribution in [1.29, 1.82) is 0 Å². The maximum atomic E-state index is 14.1. The molecule has 0 saturated carbocycles. The topological polar surface area (TPSA) is 56.1 Å². The minimum absolute atomic E-state index is 0.0363. The van der Waals surface area contributed by atoms with Crippen molar-refractivity contribution in [2.45, 2.75) is 32.5 Å². The fraction of sp³-hybridized carbons (Fsp3) is 0.200. The number of alkyl halides is 3. The smallest absolute Gasteiger partial charge is 0.417 e. The first kappa shape index (κ1) is 24.2. The number of nitrogens with one attached hydrogen (secondary N) is 1. The fourth-order valence-corrected chi connectivity index (χ4v) is 3.50. The van der Waals surface area contributed by atoms with Gasteiger partial charge in [-0.05, 0) is 69.3 Å². The number of anilines is 2. The first-order chi connectivity index (χ1) is 16.3. The maximum absolute atomic E-state index is 14.1. The first-order valence-electron chi connectivity index (χ1n) is 10.5. The van der Waals surface area contributed by atoms with Crippen LogP contribution in [-0.2, 0) is 6.18 Å². The minimum Gasteiger partial charge on any atom is -0.472 e. The third-order valence-corrected chi connectivity index (χ3v) is 4.86. The van der Waals surface area contributed by atoms with Crippen LogP contribution in [0.1, 0.15) is 26.3 Å². The van der Waals surface area contributed by atoms with E-state index in [1.807, 2.05) is 0 Å². The molecule has 2 heterocycles. The molecule has 4 rings (SSSR count). The van der Waals surface area contributed by atoms with Crippen LogP contribution in [0, 0.1) is 11.6 Å². The van der Waals surface area contributed by atoms with Crippen LogP contribution in [0.25, 0.3) is 16.7 Å². The summed E-state index contributed by atoms with van der Waals surface area (Å²) in [4.78, 5) is 17.2. The predicted octanol–water partition coefficient (Wildman–Crippen LogP) is 6.60. The van der Waals surface area contributed by atoms with Gasteiger partial charge in [0.2, 0.25) is 5.88 Å². The molecule has 35 heavy (non-hydrogen) atoms. The molecular weight excluding hydrogens is 469 g/mol. The highest BCUT2D eigenvalue weighted by Crippen LogP contribution is 2.37. The largest absolute Gasteiger partial charge is 0.472 e. The first-order valence-corrected chi connectivity index (χ1v) is 10.5. The standard InChI is InChI=1S/C25H20F5N3O2/c1-24(2,3)35-21-12-18(25(28,29)30)22-19(34)13-20(31-16-8-4-14(26)5-9-16)33(23(22)32-21)17-10-6-15(27)7-11-17/h4-13,31H,1-3H3. The molecule has 2 aromatic carbocycles. The van der Waals surface area contributed by atoms with Crippen LogP contribution in [0.4, 0.5) is 33.5 Å². The van der Waals surface area contributed by atoms with E-state index in [4.69, 9.17) is 4.74 Å². The molecule has 0 spiro atoms. The summed E-state index contributed by atoms with van der Waals surface area (Å²) in [6.45, 7) is 4.93. The maximum Gasteiger partial charge on any atom is 0.417 e. The normalized spacial score (nSPS) is 12.1. The van der Waals surface area contributed by atoms with Crippen molar-refractivity contribution in [3.05, 3.63) is 88.1 Å². The van der Waals surface area contributed by atoms with Crippen LogP contribution in [0.2, 0.25) is 0 Å². The third-order valence-electron chi connectivity index (χ3n) is 4.86. The van der Waals surface area contributed by atoms with Gasteiger partial charge in [0.05, 0.1) is 10.9 Å². The number of hydrogen-bond acceptors (Lipinski definition) is 4. The molecule has 0 aliphatic rings. The molecule has 2 aromatic heterocycles. The second-order valence-electron chi connectivity index (χ2n) is 8.76. The zero-order valence-corrected chi connectivity index (χ0v) is 18.9. The van der Waals surface area contributed by atoms with E-state index in [2.05, 4.69) is 10.3 Å². The van der Waals surface area contributed by atoms with Crippen molar-refractivity contribution in [2.75, 3.05) is 5.32 Å². The summed E-state index contributed by atoms with van der Waals surface area (Å²) in [7, 11) is 0.